The molecule has 1 aliphatic heterocycles. The van der Waals surface area contributed by atoms with Crippen LogP contribution in [0.25, 0.3) is 5.57 Å². The molecule has 5 heteroatoms. The molecule has 0 saturated heterocycles. The third-order valence-electron chi connectivity index (χ3n) is 4.93. The summed E-state index contributed by atoms with van der Waals surface area (Å²) < 4.78 is 0. The molecule has 0 aliphatic carbocycles. The lowest BCUT2D eigenvalue weighted by Gasteiger charge is -2.27. The van der Waals surface area contributed by atoms with Crippen LogP contribution in [0.15, 0.2) is 78.8 Å². The Hall–Kier alpha value is -3.11. The molecule has 0 radical (unpaired) electrons. The van der Waals surface area contributed by atoms with Crippen molar-refractivity contribution in [2.45, 2.75) is 19.5 Å². The van der Waals surface area contributed by atoms with Crippen molar-refractivity contribution in [3.05, 3.63) is 106 Å². The summed E-state index contributed by atoms with van der Waals surface area (Å²) in [6.45, 7) is 2.35. The summed E-state index contributed by atoms with van der Waals surface area (Å²) in [5.41, 5.74) is 4.33. The number of aliphatic hydroxyl groups is 1. The van der Waals surface area contributed by atoms with E-state index in [1.54, 1.807) is 29.4 Å². The van der Waals surface area contributed by atoms with Gasteiger partial charge in [-0.05, 0) is 41.8 Å². The Balaban J connectivity index is 1.81. The summed E-state index contributed by atoms with van der Waals surface area (Å²) in [6.07, 6.45) is 3.42. The first-order chi connectivity index (χ1) is 13.5. The van der Waals surface area contributed by atoms with Gasteiger partial charge in [0.1, 0.15) is 0 Å². The van der Waals surface area contributed by atoms with E-state index >= 15 is 0 Å². The van der Waals surface area contributed by atoms with Crippen molar-refractivity contribution in [2.24, 2.45) is 0 Å². The summed E-state index contributed by atoms with van der Waals surface area (Å²) in [5, 5.41) is 11.4. The van der Waals surface area contributed by atoms with Gasteiger partial charge in [0, 0.05) is 29.5 Å². The fraction of sp³-hybridized carbons (Fsp3) is 0.130. The first kappa shape index (κ1) is 18.3. The van der Waals surface area contributed by atoms with Gasteiger partial charge in [-0.25, -0.2) is 0 Å². The number of carbonyl (C=O) groups is 1. The van der Waals surface area contributed by atoms with E-state index in [0.717, 1.165) is 22.3 Å². The number of amides is 1. The van der Waals surface area contributed by atoms with Gasteiger partial charge in [0.05, 0.1) is 6.04 Å². The van der Waals surface area contributed by atoms with Crippen molar-refractivity contribution < 1.29 is 9.90 Å². The number of rotatable bonds is 4. The minimum atomic E-state index is -0.410. The van der Waals surface area contributed by atoms with Gasteiger partial charge < -0.3 is 10.0 Å². The van der Waals surface area contributed by atoms with E-state index in [0.29, 0.717) is 17.1 Å². The van der Waals surface area contributed by atoms with Crippen LogP contribution in [-0.2, 0) is 11.3 Å². The molecule has 0 fully saturated rings. The van der Waals surface area contributed by atoms with Crippen LogP contribution < -0.4 is 0 Å². The maximum absolute atomic E-state index is 13.0. The molecule has 2 heterocycles. The summed E-state index contributed by atoms with van der Waals surface area (Å²) in [4.78, 5) is 18.8. The topological polar surface area (TPSA) is 53.4 Å². The number of aliphatic hydroxyl groups excluding tert-OH is 1. The number of hydrogen-bond acceptors (Lipinski definition) is 3. The van der Waals surface area contributed by atoms with Gasteiger partial charge in [0.15, 0.2) is 5.76 Å². The lowest BCUT2D eigenvalue weighted by atomic mass is 9.93. The Kier molecular flexibility index (Phi) is 4.88. The van der Waals surface area contributed by atoms with Crippen LogP contribution in [0, 0.1) is 6.92 Å². The standard InChI is InChI=1S/C23H19ClN2O2/c1-15-4-6-17(7-5-15)20-21(18-8-10-19(24)11-9-18)26(23(28)22(20)27)14-16-3-2-12-25-13-16/h2-13,21,27H,14H2,1H3/t21-/m0/s1. The van der Waals surface area contributed by atoms with E-state index in [9.17, 15) is 9.90 Å². The Labute approximate surface area is 168 Å². The van der Waals surface area contributed by atoms with Gasteiger partial charge in [-0.1, -0.05) is 59.6 Å². The number of halogens is 1. The minimum absolute atomic E-state index is 0.215. The van der Waals surface area contributed by atoms with Crippen LogP contribution >= 0.6 is 11.6 Å². The molecule has 2 aromatic carbocycles. The normalized spacial score (nSPS) is 16.7. The molecule has 0 bridgehead atoms. The van der Waals surface area contributed by atoms with Gasteiger partial charge in [-0.2, -0.15) is 0 Å². The lowest BCUT2D eigenvalue weighted by molar-refractivity contribution is -0.130. The Morgan fingerprint density at radius 2 is 1.79 bits per heavy atom. The molecule has 4 nitrogen and oxygen atoms in total. The third kappa shape index (κ3) is 3.39. The van der Waals surface area contributed by atoms with Crippen LogP contribution in [-0.4, -0.2) is 20.9 Å². The largest absolute Gasteiger partial charge is 0.503 e. The first-order valence-corrected chi connectivity index (χ1v) is 9.38. The maximum atomic E-state index is 13.0. The van der Waals surface area contributed by atoms with Crippen LogP contribution in [0.5, 0.6) is 0 Å². The van der Waals surface area contributed by atoms with Crippen molar-refractivity contribution in [3.63, 3.8) is 0 Å². The predicted molar refractivity (Wildman–Crippen MR) is 110 cm³/mol. The number of aromatic nitrogens is 1. The molecule has 3 aromatic rings. The number of hydrogen-bond donors (Lipinski definition) is 1. The molecule has 28 heavy (non-hydrogen) atoms. The van der Waals surface area contributed by atoms with Crippen molar-refractivity contribution in [2.75, 3.05) is 0 Å². The molecule has 1 atom stereocenters. The molecule has 0 saturated carbocycles. The van der Waals surface area contributed by atoms with Crippen LogP contribution in [0.2, 0.25) is 5.02 Å². The van der Waals surface area contributed by atoms with Gasteiger partial charge in [-0.3, -0.25) is 9.78 Å². The molecule has 1 amide bonds. The van der Waals surface area contributed by atoms with E-state index in [1.165, 1.54) is 0 Å². The molecule has 1 aliphatic rings. The fourth-order valence-electron chi connectivity index (χ4n) is 3.52. The van der Waals surface area contributed by atoms with Gasteiger partial charge in [0.25, 0.3) is 5.91 Å². The van der Waals surface area contributed by atoms with Crippen molar-refractivity contribution in [1.29, 1.82) is 0 Å². The molecule has 1 N–H and O–H groups in total. The minimum Gasteiger partial charge on any atom is -0.503 e. The maximum Gasteiger partial charge on any atom is 0.290 e. The number of benzene rings is 2. The van der Waals surface area contributed by atoms with Crippen LogP contribution in [0.1, 0.15) is 28.3 Å². The lowest BCUT2D eigenvalue weighted by Crippen LogP contribution is -2.29. The van der Waals surface area contributed by atoms with Gasteiger partial charge >= 0.3 is 0 Å². The van der Waals surface area contributed by atoms with E-state index < -0.39 is 6.04 Å². The zero-order valence-corrected chi connectivity index (χ0v) is 16.1. The van der Waals surface area contributed by atoms with Gasteiger partial charge in [0.2, 0.25) is 0 Å². The Bertz CT molecular complexity index is 1030. The number of pyridine rings is 1. The summed E-state index contributed by atoms with van der Waals surface area (Å²) in [7, 11) is 0. The number of aryl methyl sites for hydroxylation is 1. The molecule has 4 rings (SSSR count). The molecular formula is C23H19ClN2O2. The molecule has 0 spiro atoms. The molecule has 0 unspecified atom stereocenters. The second-order valence-electron chi connectivity index (χ2n) is 6.88. The van der Waals surface area contributed by atoms with E-state index in [1.807, 2.05) is 55.5 Å². The monoisotopic (exact) mass is 390 g/mol. The first-order valence-electron chi connectivity index (χ1n) is 9.00. The molecule has 140 valence electrons. The van der Waals surface area contributed by atoms with Crippen LogP contribution in [0.4, 0.5) is 0 Å². The zero-order valence-electron chi connectivity index (χ0n) is 15.3. The second kappa shape index (κ2) is 7.49. The zero-order chi connectivity index (χ0) is 19.7. The van der Waals surface area contributed by atoms with Crippen molar-refractivity contribution >= 4 is 23.1 Å². The Morgan fingerprint density at radius 3 is 2.43 bits per heavy atom. The average molecular weight is 391 g/mol. The predicted octanol–water partition coefficient (Wildman–Crippen LogP) is 5.10. The van der Waals surface area contributed by atoms with E-state index in [4.69, 9.17) is 11.6 Å². The highest BCUT2D eigenvalue weighted by Crippen LogP contribution is 2.43. The van der Waals surface area contributed by atoms with Gasteiger partial charge in [-0.15, -0.1) is 0 Å². The smallest absolute Gasteiger partial charge is 0.290 e. The van der Waals surface area contributed by atoms with Crippen molar-refractivity contribution in [1.82, 2.24) is 9.88 Å². The SMILES string of the molecule is Cc1ccc(C2=C(O)C(=O)N(Cc3cccnc3)[C@H]2c2ccc(Cl)cc2)cc1. The quantitative estimate of drug-likeness (QED) is 0.674. The average Bonchev–Trinajstić information content (AvgIpc) is 2.95. The number of nitrogens with zero attached hydrogens (tertiary/aromatic N) is 2. The molecule has 1 aromatic heterocycles. The summed E-state index contributed by atoms with van der Waals surface area (Å²) >= 11 is 6.06. The van der Waals surface area contributed by atoms with Crippen LogP contribution in [0.3, 0.4) is 0 Å². The Morgan fingerprint density at radius 1 is 1.07 bits per heavy atom. The van der Waals surface area contributed by atoms with E-state index in [-0.39, 0.29) is 11.7 Å². The fourth-order valence-corrected chi connectivity index (χ4v) is 3.65. The summed E-state index contributed by atoms with van der Waals surface area (Å²) in [6, 6.07) is 18.5. The highest BCUT2D eigenvalue weighted by atomic mass is 35.5. The highest BCUT2D eigenvalue weighted by Gasteiger charge is 2.40. The van der Waals surface area contributed by atoms with Crippen molar-refractivity contribution in [3.8, 4) is 0 Å². The number of carbonyl (C=O) groups excluding carboxylic acids is 1. The molecular weight excluding hydrogens is 372 g/mol. The summed E-state index contributed by atoms with van der Waals surface area (Å²) in [5.74, 6) is -0.605. The second-order valence-corrected chi connectivity index (χ2v) is 7.31. The van der Waals surface area contributed by atoms with E-state index in [2.05, 4.69) is 4.98 Å². The third-order valence-corrected chi connectivity index (χ3v) is 5.18. The highest BCUT2D eigenvalue weighted by molar-refractivity contribution is 6.30.